The van der Waals surface area contributed by atoms with Gasteiger partial charge in [0.25, 0.3) is 0 Å². The van der Waals surface area contributed by atoms with Crippen molar-refractivity contribution in [3.05, 3.63) is 77.4 Å². The zero-order valence-corrected chi connectivity index (χ0v) is 14.9. The molecule has 0 aliphatic rings. The molecule has 0 fully saturated rings. The van der Waals surface area contributed by atoms with Crippen LogP contribution in [0.4, 0.5) is 48.3 Å². The molecule has 0 saturated carbocycles. The first-order valence-corrected chi connectivity index (χ1v) is 8.05. The monoisotopic (exact) mass is 458 g/mol. The lowest BCUT2D eigenvalue weighted by Crippen LogP contribution is -2.60. The van der Waals surface area contributed by atoms with Gasteiger partial charge in [0.05, 0.1) is 0 Å². The third-order valence-corrected chi connectivity index (χ3v) is 3.84. The molecule has 0 N–H and O–H groups in total. The normalized spacial score (nSPS) is 13.6. The lowest BCUT2D eigenvalue weighted by molar-refractivity contribution is -0.388. The van der Waals surface area contributed by atoms with Gasteiger partial charge in [0.1, 0.15) is 11.6 Å². The molecule has 2 aromatic rings. The largest absolute Gasteiger partial charge is 0.460 e. The molecule has 0 saturated heterocycles. The third kappa shape index (κ3) is 5.00. The van der Waals surface area contributed by atoms with Crippen LogP contribution in [-0.2, 0) is 0 Å². The predicted molar refractivity (Wildman–Crippen MR) is 88.6 cm³/mol. The van der Waals surface area contributed by atoms with Crippen molar-refractivity contribution in [3.63, 3.8) is 0 Å². The van der Waals surface area contributed by atoms with E-state index in [1.165, 1.54) is 0 Å². The Morgan fingerprint density at radius 1 is 0.645 bits per heavy atom. The van der Waals surface area contributed by atoms with Gasteiger partial charge < -0.3 is 0 Å². The van der Waals surface area contributed by atoms with Gasteiger partial charge in [0.15, 0.2) is 0 Å². The fourth-order valence-corrected chi connectivity index (χ4v) is 2.15. The molecule has 0 amide bonds. The van der Waals surface area contributed by atoms with Gasteiger partial charge in [-0.2, -0.15) is 39.5 Å². The quantitative estimate of drug-likeness (QED) is 0.347. The van der Waals surface area contributed by atoms with Crippen LogP contribution in [0.15, 0.2) is 54.6 Å². The van der Waals surface area contributed by atoms with Crippen LogP contribution < -0.4 is 0 Å². The molecule has 0 nitrogen and oxygen atoms in total. The van der Waals surface area contributed by atoms with Crippen LogP contribution in [0.5, 0.6) is 0 Å². The Morgan fingerprint density at radius 2 is 1.10 bits per heavy atom. The number of allylic oxidation sites excluding steroid dienone is 2. The second kappa shape index (κ2) is 8.24. The van der Waals surface area contributed by atoms with Crippen molar-refractivity contribution in [3.8, 4) is 11.8 Å². The van der Waals surface area contributed by atoms with E-state index in [9.17, 15) is 48.3 Å². The van der Waals surface area contributed by atoms with E-state index in [1.807, 2.05) is 5.92 Å². The van der Waals surface area contributed by atoms with Crippen LogP contribution in [0.2, 0.25) is 0 Å². The maximum atomic E-state index is 14.0. The van der Waals surface area contributed by atoms with Crippen LogP contribution in [0.3, 0.4) is 0 Å². The lowest BCUT2D eigenvalue weighted by Gasteiger charge is -2.32. The van der Waals surface area contributed by atoms with E-state index in [2.05, 4.69) is 5.92 Å². The van der Waals surface area contributed by atoms with E-state index < -0.39 is 52.8 Å². The molecular formula is C20H9F11. The highest BCUT2D eigenvalue weighted by Crippen LogP contribution is 2.53. The Hall–Kier alpha value is -3.03. The summed E-state index contributed by atoms with van der Waals surface area (Å²) in [7, 11) is 0. The second-order valence-corrected chi connectivity index (χ2v) is 6.09. The Balaban J connectivity index is 2.62. The second-order valence-electron chi connectivity index (χ2n) is 6.09. The number of hydrogen-bond donors (Lipinski definition) is 0. The van der Waals surface area contributed by atoms with E-state index in [4.69, 9.17) is 0 Å². The van der Waals surface area contributed by atoms with Gasteiger partial charge in [0, 0.05) is 17.2 Å². The molecular weight excluding hydrogens is 449 g/mol. The number of halogens is 11. The minimum Gasteiger partial charge on any atom is -0.207 e. The number of alkyl halides is 9. The maximum Gasteiger partial charge on any atom is 0.460 e. The van der Waals surface area contributed by atoms with Crippen molar-refractivity contribution in [2.24, 2.45) is 0 Å². The molecule has 0 unspecified atom stereocenters. The van der Waals surface area contributed by atoms with Crippen LogP contribution in [-0.4, -0.2) is 23.9 Å². The highest BCUT2D eigenvalue weighted by molar-refractivity contribution is 5.80. The molecule has 0 bridgehead atoms. The van der Waals surface area contributed by atoms with E-state index in [-0.39, 0.29) is 5.56 Å². The molecule has 2 aromatic carbocycles. The van der Waals surface area contributed by atoms with Gasteiger partial charge in [-0.05, 0) is 42.0 Å². The molecule has 0 aliphatic carbocycles. The van der Waals surface area contributed by atoms with Gasteiger partial charge in [-0.15, -0.1) is 0 Å². The molecule has 11 heteroatoms. The summed E-state index contributed by atoms with van der Waals surface area (Å²) >= 11 is 0. The predicted octanol–water partition coefficient (Wildman–Crippen LogP) is 6.87. The molecule has 31 heavy (non-hydrogen) atoms. The minimum atomic E-state index is -7.07. The first kappa shape index (κ1) is 24.2. The van der Waals surface area contributed by atoms with Gasteiger partial charge >= 0.3 is 23.9 Å². The fourth-order valence-electron chi connectivity index (χ4n) is 2.15. The van der Waals surface area contributed by atoms with E-state index in [1.54, 1.807) is 0 Å². The highest BCUT2D eigenvalue weighted by Gasteiger charge is 2.81. The Labute approximate surface area is 168 Å². The van der Waals surface area contributed by atoms with Gasteiger partial charge in [-0.25, -0.2) is 8.78 Å². The first-order chi connectivity index (χ1) is 14.1. The van der Waals surface area contributed by atoms with Crippen molar-refractivity contribution in [1.82, 2.24) is 0 Å². The Bertz CT molecular complexity index is 1000. The van der Waals surface area contributed by atoms with Crippen LogP contribution in [0.25, 0.3) is 5.57 Å². The van der Waals surface area contributed by atoms with E-state index in [0.29, 0.717) is 12.1 Å². The summed E-state index contributed by atoms with van der Waals surface area (Å²) < 4.78 is 144. The number of benzene rings is 2. The molecule has 0 atom stereocenters. The smallest absolute Gasteiger partial charge is 0.207 e. The average molecular weight is 458 g/mol. The fraction of sp³-hybridized carbons (Fsp3) is 0.200. The highest BCUT2D eigenvalue weighted by atomic mass is 19.4. The third-order valence-electron chi connectivity index (χ3n) is 3.84. The first-order valence-electron chi connectivity index (χ1n) is 8.05. The average Bonchev–Trinajstić information content (AvgIpc) is 2.66. The standard InChI is InChI=1S/C20H9F11/c21-15-7-2-12(3-8-15)1-4-14(13-5-9-16(22)10-6-13)11-17(23,24)18(25,26)19(27,28)20(29,30)31/h2-3,5-11H/b14-11-. The zero-order valence-electron chi connectivity index (χ0n) is 14.9. The van der Waals surface area contributed by atoms with Crippen LogP contribution in [0, 0.1) is 23.5 Å². The topological polar surface area (TPSA) is 0 Å². The molecule has 0 spiro atoms. The van der Waals surface area contributed by atoms with E-state index >= 15 is 0 Å². The Kier molecular flexibility index (Phi) is 6.45. The maximum absolute atomic E-state index is 14.0. The molecule has 0 aromatic heterocycles. The van der Waals surface area contributed by atoms with Gasteiger partial charge in [-0.1, -0.05) is 24.0 Å². The zero-order chi connectivity index (χ0) is 23.7. The van der Waals surface area contributed by atoms with Crippen LogP contribution in [0.1, 0.15) is 11.1 Å². The summed E-state index contributed by atoms with van der Waals surface area (Å²) in [5.74, 6) is -17.4. The molecule has 0 heterocycles. The van der Waals surface area contributed by atoms with Gasteiger partial charge in [-0.3, -0.25) is 0 Å². The molecule has 0 aliphatic heterocycles. The molecule has 0 radical (unpaired) electrons. The minimum absolute atomic E-state index is 0.0230. The van der Waals surface area contributed by atoms with Crippen molar-refractivity contribution < 1.29 is 48.3 Å². The summed E-state index contributed by atoms with van der Waals surface area (Å²) in [5, 5.41) is 0. The SMILES string of the molecule is Fc1ccc(C#C/C(=C/C(F)(F)C(F)(F)C(F)(F)C(F)(F)F)c2ccc(F)cc2)cc1. The van der Waals surface area contributed by atoms with Crippen LogP contribution >= 0.6 is 0 Å². The summed E-state index contributed by atoms with van der Waals surface area (Å²) in [6.45, 7) is 0. The number of rotatable bonds is 4. The summed E-state index contributed by atoms with van der Waals surface area (Å²) in [6, 6.07) is 6.90. The van der Waals surface area contributed by atoms with Crippen molar-refractivity contribution in [2.75, 3.05) is 0 Å². The van der Waals surface area contributed by atoms with Crippen molar-refractivity contribution >= 4 is 5.57 Å². The van der Waals surface area contributed by atoms with Crippen molar-refractivity contribution in [1.29, 1.82) is 0 Å². The summed E-state index contributed by atoms with van der Waals surface area (Å²) in [6.07, 6.45) is -7.82. The molecule has 2 rings (SSSR count). The summed E-state index contributed by atoms with van der Waals surface area (Å²) in [4.78, 5) is 0. The Morgan fingerprint density at radius 3 is 1.55 bits per heavy atom. The number of hydrogen-bond acceptors (Lipinski definition) is 0. The lowest BCUT2D eigenvalue weighted by atomic mass is 9.98. The van der Waals surface area contributed by atoms with Crippen molar-refractivity contribution in [2.45, 2.75) is 23.9 Å². The van der Waals surface area contributed by atoms with Gasteiger partial charge in [0.2, 0.25) is 0 Å². The molecule has 166 valence electrons. The summed E-state index contributed by atoms with van der Waals surface area (Å²) in [5.41, 5.74) is -1.58. The van der Waals surface area contributed by atoms with E-state index in [0.717, 1.165) is 36.4 Å².